The Morgan fingerprint density at radius 3 is 2.58 bits per heavy atom. The van der Waals surface area contributed by atoms with Gasteiger partial charge in [0.2, 0.25) is 5.91 Å². The lowest BCUT2D eigenvalue weighted by molar-refractivity contribution is -0.385. The Balaban J connectivity index is 1.71. The van der Waals surface area contributed by atoms with E-state index in [1.807, 2.05) is 31.2 Å². The van der Waals surface area contributed by atoms with Gasteiger partial charge in [-0.1, -0.05) is 19.4 Å². The number of nitrogens with zero attached hydrogens (tertiary/aromatic N) is 2. The molecule has 1 unspecified atom stereocenters. The van der Waals surface area contributed by atoms with Gasteiger partial charge >= 0.3 is 5.69 Å². The van der Waals surface area contributed by atoms with Crippen molar-refractivity contribution in [3.63, 3.8) is 0 Å². The van der Waals surface area contributed by atoms with Crippen molar-refractivity contribution in [2.75, 3.05) is 29.9 Å². The standard InChI is InChI=1S/C24H30N4O5/c1-3-8-20(24(30)25-18-9-7-10-19(16-18)27-13-5-6-14-27)26-23(29)17-11-12-22(33-4-2)21(15-17)28(31)32/h7,9-12,15-16,20H,3-6,8,13-14H2,1-2H3,(H,25,30)(H,26,29). The minimum atomic E-state index is -0.774. The van der Waals surface area contributed by atoms with E-state index >= 15 is 0 Å². The van der Waals surface area contributed by atoms with E-state index in [0.717, 1.165) is 31.6 Å². The first-order valence-electron chi connectivity index (χ1n) is 11.3. The molecule has 0 aromatic heterocycles. The molecule has 33 heavy (non-hydrogen) atoms. The predicted octanol–water partition coefficient (Wildman–Crippen LogP) is 4.13. The highest BCUT2D eigenvalue weighted by Gasteiger charge is 2.24. The average Bonchev–Trinajstić information content (AvgIpc) is 3.34. The van der Waals surface area contributed by atoms with Crippen LogP contribution >= 0.6 is 0 Å². The molecule has 2 amide bonds. The van der Waals surface area contributed by atoms with Gasteiger partial charge in [-0.15, -0.1) is 0 Å². The number of benzene rings is 2. The van der Waals surface area contributed by atoms with E-state index in [9.17, 15) is 19.7 Å². The Morgan fingerprint density at radius 1 is 1.15 bits per heavy atom. The number of anilines is 2. The number of carbonyl (C=O) groups is 2. The van der Waals surface area contributed by atoms with Crippen LogP contribution in [0.5, 0.6) is 5.75 Å². The maximum Gasteiger partial charge on any atom is 0.311 e. The second-order valence-electron chi connectivity index (χ2n) is 7.92. The molecule has 0 radical (unpaired) electrons. The topological polar surface area (TPSA) is 114 Å². The average molecular weight is 455 g/mol. The van der Waals surface area contributed by atoms with Gasteiger partial charge in [0, 0.05) is 36.1 Å². The van der Waals surface area contributed by atoms with Gasteiger partial charge in [0.15, 0.2) is 5.75 Å². The molecule has 1 saturated heterocycles. The molecule has 176 valence electrons. The number of hydrogen-bond donors (Lipinski definition) is 2. The monoisotopic (exact) mass is 454 g/mol. The minimum Gasteiger partial charge on any atom is -0.487 e. The van der Waals surface area contributed by atoms with Crippen LogP contribution in [0.3, 0.4) is 0 Å². The summed E-state index contributed by atoms with van der Waals surface area (Å²) in [6, 6.07) is 10.9. The van der Waals surface area contributed by atoms with E-state index in [2.05, 4.69) is 15.5 Å². The van der Waals surface area contributed by atoms with Crippen molar-refractivity contribution < 1.29 is 19.2 Å². The summed E-state index contributed by atoms with van der Waals surface area (Å²) in [6.45, 7) is 5.91. The van der Waals surface area contributed by atoms with Crippen LogP contribution in [0, 0.1) is 10.1 Å². The molecule has 2 aromatic rings. The van der Waals surface area contributed by atoms with E-state index in [0.29, 0.717) is 18.5 Å². The fourth-order valence-corrected chi connectivity index (χ4v) is 3.86. The summed E-state index contributed by atoms with van der Waals surface area (Å²) >= 11 is 0. The van der Waals surface area contributed by atoms with Crippen LogP contribution in [0.1, 0.15) is 49.9 Å². The molecule has 0 saturated carbocycles. The van der Waals surface area contributed by atoms with Crippen molar-refractivity contribution in [2.45, 2.75) is 45.6 Å². The highest BCUT2D eigenvalue weighted by atomic mass is 16.6. The van der Waals surface area contributed by atoms with Gasteiger partial charge in [-0.25, -0.2) is 0 Å². The Hall–Kier alpha value is -3.62. The van der Waals surface area contributed by atoms with Gasteiger partial charge in [-0.05, 0) is 56.5 Å². The Morgan fingerprint density at radius 2 is 1.91 bits per heavy atom. The lowest BCUT2D eigenvalue weighted by Crippen LogP contribution is -2.43. The molecule has 1 aliphatic rings. The fourth-order valence-electron chi connectivity index (χ4n) is 3.86. The Bertz CT molecular complexity index is 1000. The molecule has 0 bridgehead atoms. The second kappa shape index (κ2) is 11.3. The van der Waals surface area contributed by atoms with Crippen LogP contribution in [0.15, 0.2) is 42.5 Å². The molecule has 2 N–H and O–H groups in total. The van der Waals surface area contributed by atoms with Gasteiger partial charge in [0.05, 0.1) is 11.5 Å². The summed E-state index contributed by atoms with van der Waals surface area (Å²) < 4.78 is 5.26. The first kappa shape index (κ1) is 24.0. The molecule has 0 aliphatic carbocycles. The van der Waals surface area contributed by atoms with Crippen LogP contribution in [0.25, 0.3) is 0 Å². The summed E-state index contributed by atoms with van der Waals surface area (Å²) in [5.74, 6) is -0.787. The number of hydrogen-bond acceptors (Lipinski definition) is 6. The number of rotatable bonds is 10. The third-order valence-electron chi connectivity index (χ3n) is 5.50. The summed E-state index contributed by atoms with van der Waals surface area (Å²) in [5.41, 5.74) is 1.52. The molecule has 2 aromatic carbocycles. The van der Waals surface area contributed by atoms with E-state index in [1.54, 1.807) is 6.92 Å². The second-order valence-corrected chi connectivity index (χ2v) is 7.92. The molecule has 1 fully saturated rings. The highest BCUT2D eigenvalue weighted by molar-refractivity contribution is 6.01. The lowest BCUT2D eigenvalue weighted by atomic mass is 10.1. The van der Waals surface area contributed by atoms with Gasteiger partial charge in [0.25, 0.3) is 5.91 Å². The van der Waals surface area contributed by atoms with Crippen LogP contribution in [-0.2, 0) is 4.79 Å². The number of nitrogens with one attached hydrogen (secondary N) is 2. The summed E-state index contributed by atoms with van der Waals surface area (Å²) in [6.07, 6.45) is 3.42. The minimum absolute atomic E-state index is 0.0927. The molecule has 1 heterocycles. The Kier molecular flexibility index (Phi) is 8.23. The zero-order valence-electron chi connectivity index (χ0n) is 19.0. The quantitative estimate of drug-likeness (QED) is 0.412. The Labute approximate surface area is 193 Å². The zero-order chi connectivity index (χ0) is 23.8. The van der Waals surface area contributed by atoms with Crippen LogP contribution < -0.4 is 20.3 Å². The van der Waals surface area contributed by atoms with Crippen LogP contribution in [0.2, 0.25) is 0 Å². The van der Waals surface area contributed by atoms with Crippen molar-refractivity contribution in [1.29, 1.82) is 0 Å². The first-order chi connectivity index (χ1) is 15.9. The summed E-state index contributed by atoms with van der Waals surface area (Å²) in [5, 5.41) is 17.0. The van der Waals surface area contributed by atoms with Gasteiger partial charge in [-0.3, -0.25) is 19.7 Å². The molecule has 1 aliphatic heterocycles. The van der Waals surface area contributed by atoms with Gasteiger partial charge in [0.1, 0.15) is 6.04 Å². The van der Waals surface area contributed by atoms with Crippen LogP contribution in [-0.4, -0.2) is 42.5 Å². The molecule has 0 spiro atoms. The third-order valence-corrected chi connectivity index (χ3v) is 5.50. The molecular weight excluding hydrogens is 424 g/mol. The summed E-state index contributed by atoms with van der Waals surface area (Å²) in [4.78, 5) is 38.8. The zero-order valence-corrected chi connectivity index (χ0v) is 19.0. The predicted molar refractivity (Wildman–Crippen MR) is 127 cm³/mol. The molecule has 3 rings (SSSR count). The normalized spacial score (nSPS) is 13.9. The highest BCUT2D eigenvalue weighted by Crippen LogP contribution is 2.28. The maximum atomic E-state index is 12.9. The van der Waals surface area contributed by atoms with E-state index in [-0.39, 0.29) is 29.5 Å². The number of carbonyl (C=O) groups excluding carboxylic acids is 2. The molecule has 1 atom stereocenters. The number of nitro groups is 1. The molecular formula is C24H30N4O5. The van der Waals surface area contributed by atoms with Crippen molar-refractivity contribution in [3.05, 3.63) is 58.1 Å². The van der Waals surface area contributed by atoms with Gasteiger partial charge in [-0.2, -0.15) is 0 Å². The molecule has 9 heteroatoms. The number of amides is 2. The van der Waals surface area contributed by atoms with Crippen molar-refractivity contribution in [1.82, 2.24) is 5.32 Å². The summed E-state index contributed by atoms with van der Waals surface area (Å²) in [7, 11) is 0. The van der Waals surface area contributed by atoms with Crippen molar-refractivity contribution in [2.24, 2.45) is 0 Å². The van der Waals surface area contributed by atoms with Crippen molar-refractivity contribution in [3.8, 4) is 5.75 Å². The molecule has 9 nitrogen and oxygen atoms in total. The SMILES string of the molecule is CCCC(NC(=O)c1ccc(OCC)c([N+](=O)[O-])c1)C(=O)Nc1cccc(N2CCCC2)c1. The van der Waals surface area contributed by atoms with E-state index in [1.165, 1.54) is 18.2 Å². The van der Waals surface area contributed by atoms with Gasteiger partial charge < -0.3 is 20.3 Å². The number of nitro benzene ring substituents is 1. The third kappa shape index (κ3) is 6.21. The van der Waals surface area contributed by atoms with Crippen LogP contribution in [0.4, 0.5) is 17.1 Å². The lowest BCUT2D eigenvalue weighted by Gasteiger charge is -2.20. The van der Waals surface area contributed by atoms with E-state index in [4.69, 9.17) is 4.74 Å². The van der Waals surface area contributed by atoms with E-state index < -0.39 is 16.9 Å². The largest absolute Gasteiger partial charge is 0.487 e. The first-order valence-corrected chi connectivity index (χ1v) is 11.3. The fraction of sp³-hybridized carbons (Fsp3) is 0.417. The number of ether oxygens (including phenoxy) is 1. The smallest absolute Gasteiger partial charge is 0.311 e. The van der Waals surface area contributed by atoms with Crippen molar-refractivity contribution >= 4 is 28.9 Å². The maximum absolute atomic E-state index is 12.9.